The molecule has 0 unspecified atom stereocenters. The van der Waals surface area contributed by atoms with Crippen LogP contribution in [0.5, 0.6) is 0 Å². The van der Waals surface area contributed by atoms with E-state index in [9.17, 15) is 9.59 Å². The molecule has 0 aromatic rings. The highest BCUT2D eigenvalue weighted by Gasteiger charge is 2.52. The number of carbonyl (C=O) groups excluding carboxylic acids is 2. The summed E-state index contributed by atoms with van der Waals surface area (Å²) in [5.41, 5.74) is -0.863. The van der Waals surface area contributed by atoms with Gasteiger partial charge in [0.15, 0.2) is 0 Å². The molecule has 4 nitrogen and oxygen atoms in total. The number of amides is 1. The molecule has 74 valence electrons. The fraction of sp³-hybridized carbons (Fsp3) is 0.778. The van der Waals surface area contributed by atoms with Crippen LogP contribution in [-0.2, 0) is 14.3 Å². The van der Waals surface area contributed by atoms with Gasteiger partial charge in [-0.2, -0.15) is 0 Å². The van der Waals surface area contributed by atoms with Gasteiger partial charge in [0.2, 0.25) is 5.91 Å². The number of methoxy groups -OCH3 is 1. The molecule has 1 aliphatic rings. The summed E-state index contributed by atoms with van der Waals surface area (Å²) in [4.78, 5) is 24.5. The summed E-state index contributed by atoms with van der Waals surface area (Å²) in [7, 11) is 4.64. The zero-order valence-electron chi connectivity index (χ0n) is 8.29. The fourth-order valence-corrected chi connectivity index (χ4v) is 1.66. The highest BCUT2D eigenvalue weighted by atomic mass is 16.5. The van der Waals surface area contributed by atoms with Gasteiger partial charge in [0.05, 0.1) is 7.11 Å². The minimum absolute atomic E-state index is 0.134. The average Bonchev–Trinajstić information content (AvgIpc) is 2.01. The van der Waals surface area contributed by atoms with Gasteiger partial charge in [0.25, 0.3) is 0 Å². The zero-order valence-corrected chi connectivity index (χ0v) is 8.29. The molecule has 4 heteroatoms. The smallest absolute Gasteiger partial charge is 0.321 e. The van der Waals surface area contributed by atoms with Crippen LogP contribution in [0.4, 0.5) is 0 Å². The van der Waals surface area contributed by atoms with Crippen molar-refractivity contribution < 1.29 is 14.3 Å². The van der Waals surface area contributed by atoms with E-state index in [2.05, 4.69) is 4.74 Å². The Morgan fingerprint density at radius 2 is 1.85 bits per heavy atom. The lowest BCUT2D eigenvalue weighted by atomic mass is 9.68. The van der Waals surface area contributed by atoms with Crippen LogP contribution in [0.1, 0.15) is 19.3 Å². The lowest BCUT2D eigenvalue weighted by Gasteiger charge is -2.38. The summed E-state index contributed by atoms with van der Waals surface area (Å²) < 4.78 is 4.64. The van der Waals surface area contributed by atoms with Crippen LogP contribution in [0.2, 0.25) is 0 Å². The van der Waals surface area contributed by atoms with E-state index in [-0.39, 0.29) is 5.91 Å². The van der Waals surface area contributed by atoms with Crippen molar-refractivity contribution in [1.29, 1.82) is 0 Å². The van der Waals surface area contributed by atoms with Crippen molar-refractivity contribution >= 4 is 11.9 Å². The normalized spacial score (nSPS) is 18.7. The third kappa shape index (κ3) is 1.41. The maximum absolute atomic E-state index is 11.7. The van der Waals surface area contributed by atoms with Gasteiger partial charge in [-0.05, 0) is 12.8 Å². The van der Waals surface area contributed by atoms with Gasteiger partial charge in [-0.3, -0.25) is 9.59 Å². The molecule has 0 radical (unpaired) electrons. The molecule has 0 bridgehead atoms. The summed E-state index contributed by atoms with van der Waals surface area (Å²) in [6.07, 6.45) is 2.17. The Balaban J connectivity index is 2.81. The average molecular weight is 185 g/mol. The van der Waals surface area contributed by atoms with Crippen molar-refractivity contribution in [3.05, 3.63) is 0 Å². The molecule has 13 heavy (non-hydrogen) atoms. The standard InChI is InChI=1S/C9H15NO3/c1-10(2)7(11)9(5-4-6-9)8(12)13-3/h4-6H2,1-3H3. The summed E-state index contributed by atoms with van der Waals surface area (Å²) in [6.45, 7) is 0. The van der Waals surface area contributed by atoms with Crippen molar-refractivity contribution in [2.24, 2.45) is 5.41 Å². The first-order chi connectivity index (χ1) is 6.04. The number of nitrogens with zero attached hydrogens (tertiary/aromatic N) is 1. The molecular formula is C9H15NO3. The van der Waals surface area contributed by atoms with Crippen LogP contribution < -0.4 is 0 Å². The van der Waals surface area contributed by atoms with Crippen LogP contribution in [0.25, 0.3) is 0 Å². The molecule has 1 amide bonds. The maximum atomic E-state index is 11.7. The molecule has 0 aliphatic heterocycles. The van der Waals surface area contributed by atoms with Crippen LogP contribution in [0.3, 0.4) is 0 Å². The van der Waals surface area contributed by atoms with Crippen LogP contribution in [-0.4, -0.2) is 38.0 Å². The quantitative estimate of drug-likeness (QED) is 0.462. The van der Waals surface area contributed by atoms with E-state index in [1.54, 1.807) is 14.1 Å². The highest BCUT2D eigenvalue weighted by Crippen LogP contribution is 2.43. The Kier molecular flexibility index (Phi) is 2.59. The fourth-order valence-electron chi connectivity index (χ4n) is 1.66. The van der Waals surface area contributed by atoms with Crippen molar-refractivity contribution in [2.75, 3.05) is 21.2 Å². The highest BCUT2D eigenvalue weighted by molar-refractivity contribution is 6.03. The Hall–Kier alpha value is -1.06. The van der Waals surface area contributed by atoms with Gasteiger partial charge in [-0.1, -0.05) is 6.42 Å². The summed E-state index contributed by atoms with van der Waals surface area (Å²) >= 11 is 0. The molecule has 0 atom stereocenters. The Labute approximate surface area is 77.8 Å². The second-order valence-electron chi connectivity index (χ2n) is 3.63. The largest absolute Gasteiger partial charge is 0.468 e. The third-order valence-corrected chi connectivity index (χ3v) is 2.60. The number of rotatable bonds is 2. The molecule has 0 aromatic heterocycles. The lowest BCUT2D eigenvalue weighted by Crippen LogP contribution is -2.51. The van der Waals surface area contributed by atoms with Gasteiger partial charge in [-0.25, -0.2) is 0 Å². The van der Waals surface area contributed by atoms with Crippen molar-refractivity contribution in [3.63, 3.8) is 0 Å². The molecule has 0 aromatic carbocycles. The molecule has 1 aliphatic carbocycles. The number of carbonyl (C=O) groups is 2. The van der Waals surface area contributed by atoms with E-state index < -0.39 is 11.4 Å². The molecule has 0 heterocycles. The van der Waals surface area contributed by atoms with Crippen LogP contribution in [0, 0.1) is 5.41 Å². The van der Waals surface area contributed by atoms with E-state index in [1.165, 1.54) is 12.0 Å². The zero-order chi connectivity index (χ0) is 10.1. The maximum Gasteiger partial charge on any atom is 0.321 e. The summed E-state index contributed by atoms with van der Waals surface area (Å²) in [5.74, 6) is -0.525. The van der Waals surface area contributed by atoms with Gasteiger partial charge in [-0.15, -0.1) is 0 Å². The Bertz CT molecular complexity index is 231. The number of esters is 1. The first kappa shape index (κ1) is 10.0. The van der Waals surface area contributed by atoms with Crippen LogP contribution >= 0.6 is 0 Å². The predicted octanol–water partition coefficient (Wildman–Crippen LogP) is 0.418. The minimum Gasteiger partial charge on any atom is -0.468 e. The number of hydrogen-bond acceptors (Lipinski definition) is 3. The van der Waals surface area contributed by atoms with Gasteiger partial charge < -0.3 is 9.64 Å². The van der Waals surface area contributed by atoms with Crippen molar-refractivity contribution in [3.8, 4) is 0 Å². The van der Waals surface area contributed by atoms with E-state index in [0.29, 0.717) is 12.8 Å². The van der Waals surface area contributed by atoms with Crippen molar-refractivity contribution in [1.82, 2.24) is 4.90 Å². The van der Waals surface area contributed by atoms with E-state index >= 15 is 0 Å². The first-order valence-corrected chi connectivity index (χ1v) is 4.35. The SMILES string of the molecule is COC(=O)C1(C(=O)N(C)C)CCC1. The van der Waals surface area contributed by atoms with Gasteiger partial charge in [0, 0.05) is 14.1 Å². The monoisotopic (exact) mass is 185 g/mol. The Morgan fingerprint density at radius 3 is 2.08 bits per heavy atom. The molecule has 1 fully saturated rings. The molecular weight excluding hydrogens is 170 g/mol. The van der Waals surface area contributed by atoms with E-state index in [1.807, 2.05) is 0 Å². The van der Waals surface area contributed by atoms with Crippen LogP contribution in [0.15, 0.2) is 0 Å². The second kappa shape index (κ2) is 3.36. The molecule has 0 spiro atoms. The lowest BCUT2D eigenvalue weighted by molar-refractivity contribution is -0.168. The van der Waals surface area contributed by atoms with Gasteiger partial charge >= 0.3 is 5.97 Å². The van der Waals surface area contributed by atoms with E-state index in [4.69, 9.17) is 0 Å². The van der Waals surface area contributed by atoms with E-state index in [0.717, 1.165) is 6.42 Å². The number of hydrogen-bond donors (Lipinski definition) is 0. The molecule has 1 saturated carbocycles. The Morgan fingerprint density at radius 1 is 1.31 bits per heavy atom. The predicted molar refractivity (Wildman–Crippen MR) is 47.0 cm³/mol. The summed E-state index contributed by atoms with van der Waals surface area (Å²) in [5, 5.41) is 0. The number of ether oxygens (including phenoxy) is 1. The minimum atomic E-state index is -0.863. The van der Waals surface area contributed by atoms with Gasteiger partial charge in [0.1, 0.15) is 5.41 Å². The molecule has 1 rings (SSSR count). The first-order valence-electron chi connectivity index (χ1n) is 4.35. The second-order valence-corrected chi connectivity index (χ2v) is 3.63. The van der Waals surface area contributed by atoms with Crippen molar-refractivity contribution in [2.45, 2.75) is 19.3 Å². The third-order valence-electron chi connectivity index (χ3n) is 2.60. The molecule has 0 N–H and O–H groups in total. The summed E-state index contributed by atoms with van der Waals surface area (Å²) in [6, 6.07) is 0. The topological polar surface area (TPSA) is 46.6 Å². The molecule has 0 saturated heterocycles.